The molecule has 2 unspecified atom stereocenters. The molecule has 4 rings (SSSR count). The molecule has 0 aromatic heterocycles. The molecular weight excluding hydrogens is 561 g/mol. The highest BCUT2D eigenvalue weighted by Crippen LogP contribution is 2.37. The highest BCUT2D eigenvalue weighted by atomic mass is 79.9. The summed E-state index contributed by atoms with van der Waals surface area (Å²) in [6, 6.07) is 10.9. The molecule has 1 fully saturated rings. The van der Waals surface area contributed by atoms with Crippen LogP contribution in [0.4, 0.5) is 15.8 Å². The van der Waals surface area contributed by atoms with Gasteiger partial charge in [0.15, 0.2) is 15.0 Å². The number of thioether (sulfide) groups is 1. The Kier molecular flexibility index (Phi) is 6.25. The maximum absolute atomic E-state index is 14.7. The fourth-order valence-corrected chi connectivity index (χ4v) is 6.81. The molecule has 0 aliphatic carbocycles. The zero-order chi connectivity index (χ0) is 21.5. The third kappa shape index (κ3) is 4.74. The molecule has 2 aromatic rings. The Morgan fingerprint density at radius 1 is 1.17 bits per heavy atom. The first kappa shape index (κ1) is 21.8. The number of halogens is 3. The molecule has 2 heterocycles. The van der Waals surface area contributed by atoms with Crippen LogP contribution in [-0.4, -0.2) is 48.8 Å². The zero-order valence-corrected chi connectivity index (χ0v) is 20.2. The van der Waals surface area contributed by atoms with E-state index in [1.54, 1.807) is 29.2 Å². The van der Waals surface area contributed by atoms with Gasteiger partial charge in [0.1, 0.15) is 5.82 Å². The second kappa shape index (κ2) is 8.60. The first-order valence-electron chi connectivity index (χ1n) is 8.92. The van der Waals surface area contributed by atoms with E-state index in [1.807, 2.05) is 12.1 Å². The Morgan fingerprint density at radius 3 is 2.57 bits per heavy atom. The standard InChI is InChI=1S/C19H16Br2FN3O3S2/c20-11-1-4-13(5-2-11)23-18(26)8-29-19-24-15-9-30(27,28)10-17(15)25(19)16-6-3-12(21)7-14(16)22/h1-7,15,17H,8-10H2,(H,23,26). The van der Waals surface area contributed by atoms with Gasteiger partial charge in [-0.15, -0.1) is 0 Å². The number of fused-ring (bicyclic) bond motifs is 1. The van der Waals surface area contributed by atoms with Crippen LogP contribution in [0.2, 0.25) is 0 Å². The van der Waals surface area contributed by atoms with E-state index < -0.39 is 27.7 Å². The number of rotatable bonds is 4. The van der Waals surface area contributed by atoms with E-state index in [4.69, 9.17) is 0 Å². The van der Waals surface area contributed by atoms with Crippen molar-refractivity contribution in [3.05, 3.63) is 57.2 Å². The summed E-state index contributed by atoms with van der Waals surface area (Å²) >= 11 is 7.75. The first-order valence-corrected chi connectivity index (χ1v) is 13.3. The Hall–Kier alpha value is -1.43. The molecule has 2 aromatic carbocycles. The van der Waals surface area contributed by atoms with Crippen molar-refractivity contribution >= 4 is 75.9 Å². The van der Waals surface area contributed by atoms with Gasteiger partial charge in [-0.3, -0.25) is 9.79 Å². The van der Waals surface area contributed by atoms with Crippen LogP contribution in [0.1, 0.15) is 0 Å². The maximum Gasteiger partial charge on any atom is 0.234 e. The van der Waals surface area contributed by atoms with Gasteiger partial charge in [0.05, 0.1) is 35.0 Å². The predicted octanol–water partition coefficient (Wildman–Crippen LogP) is 4.06. The van der Waals surface area contributed by atoms with E-state index >= 15 is 0 Å². The number of anilines is 2. The Balaban J connectivity index is 1.52. The van der Waals surface area contributed by atoms with Gasteiger partial charge in [-0.2, -0.15) is 0 Å². The highest BCUT2D eigenvalue weighted by molar-refractivity contribution is 9.10. The lowest BCUT2D eigenvalue weighted by Crippen LogP contribution is -2.40. The van der Waals surface area contributed by atoms with Crippen molar-refractivity contribution in [2.24, 2.45) is 4.99 Å². The van der Waals surface area contributed by atoms with Crippen molar-refractivity contribution < 1.29 is 17.6 Å². The minimum Gasteiger partial charge on any atom is -0.325 e. The first-order chi connectivity index (χ1) is 14.2. The van der Waals surface area contributed by atoms with E-state index in [0.717, 1.165) is 4.47 Å². The van der Waals surface area contributed by atoms with Crippen molar-refractivity contribution in [3.8, 4) is 0 Å². The lowest BCUT2D eigenvalue weighted by atomic mass is 10.1. The van der Waals surface area contributed by atoms with Crippen LogP contribution >= 0.6 is 43.6 Å². The molecule has 11 heteroatoms. The molecule has 1 N–H and O–H groups in total. The number of nitrogens with one attached hydrogen (secondary N) is 1. The number of nitrogens with zero attached hydrogens (tertiary/aromatic N) is 2. The van der Waals surface area contributed by atoms with E-state index in [1.165, 1.54) is 17.8 Å². The number of amidine groups is 1. The van der Waals surface area contributed by atoms with E-state index in [9.17, 15) is 17.6 Å². The monoisotopic (exact) mass is 575 g/mol. The van der Waals surface area contributed by atoms with Gasteiger partial charge in [0.25, 0.3) is 0 Å². The molecule has 0 saturated carbocycles. The van der Waals surface area contributed by atoms with E-state index in [-0.39, 0.29) is 28.9 Å². The van der Waals surface area contributed by atoms with Gasteiger partial charge in [0, 0.05) is 14.6 Å². The van der Waals surface area contributed by atoms with Gasteiger partial charge >= 0.3 is 0 Å². The summed E-state index contributed by atoms with van der Waals surface area (Å²) in [6.07, 6.45) is 0. The Bertz CT molecular complexity index is 1130. The van der Waals surface area contributed by atoms with Crippen LogP contribution in [0, 0.1) is 5.82 Å². The van der Waals surface area contributed by atoms with Crippen LogP contribution in [-0.2, 0) is 14.6 Å². The summed E-state index contributed by atoms with van der Waals surface area (Å²) in [7, 11) is -3.24. The van der Waals surface area contributed by atoms with Gasteiger partial charge in [-0.1, -0.05) is 43.6 Å². The molecule has 2 atom stereocenters. The fourth-order valence-electron chi connectivity index (χ4n) is 3.45. The SMILES string of the molecule is O=C(CSC1=NC2CS(=O)(=O)CC2N1c1ccc(Br)cc1F)Nc1ccc(Br)cc1. The van der Waals surface area contributed by atoms with Gasteiger partial charge < -0.3 is 10.2 Å². The van der Waals surface area contributed by atoms with Crippen LogP contribution in [0.15, 0.2) is 56.4 Å². The average molecular weight is 577 g/mol. The number of carbonyl (C=O) groups is 1. The fraction of sp³-hybridized carbons (Fsp3) is 0.263. The summed E-state index contributed by atoms with van der Waals surface area (Å²) < 4.78 is 40.3. The van der Waals surface area contributed by atoms with Crippen molar-refractivity contribution in [1.82, 2.24) is 0 Å². The Morgan fingerprint density at radius 2 is 1.87 bits per heavy atom. The van der Waals surface area contributed by atoms with E-state index in [0.29, 0.717) is 15.3 Å². The second-order valence-electron chi connectivity index (χ2n) is 6.93. The molecule has 2 aliphatic heterocycles. The summed E-state index contributed by atoms with van der Waals surface area (Å²) in [5.74, 6) is -0.809. The average Bonchev–Trinajstić information content (AvgIpc) is 3.13. The van der Waals surface area contributed by atoms with Crippen LogP contribution in [0.25, 0.3) is 0 Å². The number of carbonyl (C=O) groups excluding carboxylic acids is 1. The van der Waals surface area contributed by atoms with Crippen LogP contribution in [0.3, 0.4) is 0 Å². The smallest absolute Gasteiger partial charge is 0.234 e. The lowest BCUT2D eigenvalue weighted by Gasteiger charge is -2.26. The normalized spacial score (nSPS) is 22.0. The zero-order valence-electron chi connectivity index (χ0n) is 15.4. The quantitative estimate of drug-likeness (QED) is 0.594. The molecule has 30 heavy (non-hydrogen) atoms. The van der Waals surface area contributed by atoms with Crippen LogP contribution < -0.4 is 10.2 Å². The third-order valence-electron chi connectivity index (χ3n) is 4.74. The molecule has 6 nitrogen and oxygen atoms in total. The molecular formula is C19H16Br2FN3O3S2. The van der Waals surface area contributed by atoms with Crippen molar-refractivity contribution in [3.63, 3.8) is 0 Å². The number of amides is 1. The topological polar surface area (TPSA) is 78.8 Å². The molecule has 0 spiro atoms. The van der Waals surface area contributed by atoms with Crippen molar-refractivity contribution in [1.29, 1.82) is 0 Å². The summed E-state index contributed by atoms with van der Waals surface area (Å²) in [5.41, 5.74) is 0.915. The van der Waals surface area contributed by atoms with Crippen molar-refractivity contribution in [2.75, 3.05) is 27.5 Å². The highest BCUT2D eigenvalue weighted by Gasteiger charge is 2.47. The molecule has 0 radical (unpaired) electrons. The molecule has 0 bridgehead atoms. The number of hydrogen-bond donors (Lipinski definition) is 1. The number of sulfone groups is 1. The molecule has 2 aliphatic rings. The summed E-state index contributed by atoms with van der Waals surface area (Å²) in [6.45, 7) is 0. The van der Waals surface area contributed by atoms with Crippen molar-refractivity contribution in [2.45, 2.75) is 12.1 Å². The lowest BCUT2D eigenvalue weighted by molar-refractivity contribution is -0.113. The summed E-state index contributed by atoms with van der Waals surface area (Å²) in [5, 5.41) is 3.25. The maximum atomic E-state index is 14.7. The van der Waals surface area contributed by atoms with Gasteiger partial charge in [0.2, 0.25) is 5.91 Å². The van der Waals surface area contributed by atoms with Gasteiger partial charge in [-0.05, 0) is 42.5 Å². The van der Waals surface area contributed by atoms with E-state index in [2.05, 4.69) is 42.2 Å². The molecule has 1 saturated heterocycles. The number of aliphatic imine (C=N–C) groups is 1. The summed E-state index contributed by atoms with van der Waals surface area (Å²) in [4.78, 5) is 18.5. The van der Waals surface area contributed by atoms with Gasteiger partial charge in [-0.25, -0.2) is 12.8 Å². The number of hydrogen-bond acceptors (Lipinski definition) is 6. The third-order valence-corrected chi connectivity index (χ3v) is 8.42. The molecule has 1 amide bonds. The molecule has 158 valence electrons. The largest absolute Gasteiger partial charge is 0.325 e. The number of benzene rings is 2. The second-order valence-corrected chi connectivity index (χ2v) is 11.9. The minimum atomic E-state index is -3.24. The van der Waals surface area contributed by atoms with Crippen LogP contribution in [0.5, 0.6) is 0 Å². The Labute approximate surface area is 194 Å². The minimum absolute atomic E-state index is 0.0652. The predicted molar refractivity (Wildman–Crippen MR) is 125 cm³/mol.